The average Bonchev–Trinajstić information content (AvgIpc) is 2.99. The second-order valence-corrected chi connectivity index (χ2v) is 11.1. The van der Waals surface area contributed by atoms with Gasteiger partial charge in [0, 0.05) is 0 Å². The number of rotatable bonds is 5. The van der Waals surface area contributed by atoms with E-state index in [1.807, 2.05) is 32.0 Å². The van der Waals surface area contributed by atoms with Crippen molar-refractivity contribution in [1.82, 2.24) is 0 Å². The Hall–Kier alpha value is -1.62. The molecule has 6 nitrogen and oxygen atoms in total. The van der Waals surface area contributed by atoms with Crippen LogP contribution in [0.1, 0.15) is 51.8 Å². The van der Waals surface area contributed by atoms with Crippen molar-refractivity contribution in [1.29, 1.82) is 0 Å². The van der Waals surface area contributed by atoms with Crippen LogP contribution in [0.3, 0.4) is 0 Å². The molecule has 0 bridgehead atoms. The van der Waals surface area contributed by atoms with Gasteiger partial charge in [-0.15, -0.1) is 0 Å². The molecule has 1 aromatic carbocycles. The molecule has 148 valence electrons. The minimum atomic E-state index is -4.11. The van der Waals surface area contributed by atoms with Gasteiger partial charge in [0.05, 0.1) is 0 Å². The fourth-order valence-corrected chi connectivity index (χ4v) is 8.72. The quantitative estimate of drug-likeness (QED) is 0.649. The fraction of sp³-hybridized carbons (Fsp3) is 0.550. The molecule has 0 radical (unpaired) electrons. The van der Waals surface area contributed by atoms with Crippen molar-refractivity contribution < 1.29 is 27.6 Å². The summed E-state index contributed by atoms with van der Waals surface area (Å²) in [6.07, 6.45) is 1.13. The van der Waals surface area contributed by atoms with Gasteiger partial charge in [-0.3, -0.25) is 0 Å². The number of methoxy groups -OCH3 is 1. The van der Waals surface area contributed by atoms with E-state index in [1.165, 1.54) is 0 Å². The summed E-state index contributed by atoms with van der Waals surface area (Å²) in [6, 6.07) is 5.67. The molecule has 0 spiro atoms. The van der Waals surface area contributed by atoms with Crippen LogP contribution in [0, 0.1) is 5.41 Å². The third-order valence-corrected chi connectivity index (χ3v) is 9.24. The zero-order valence-electron chi connectivity index (χ0n) is 16.5. The van der Waals surface area contributed by atoms with Gasteiger partial charge in [-0.25, -0.2) is 0 Å². The monoisotopic (exact) mass is 394 g/mol. The van der Waals surface area contributed by atoms with Crippen LogP contribution in [0.25, 0.3) is 0 Å². The molecule has 0 saturated heterocycles. The molecule has 0 amide bonds. The second kappa shape index (κ2) is 5.94. The van der Waals surface area contributed by atoms with Gasteiger partial charge in [0.2, 0.25) is 0 Å². The van der Waals surface area contributed by atoms with E-state index < -0.39 is 13.2 Å². The summed E-state index contributed by atoms with van der Waals surface area (Å²) >= 11 is 0. The topological polar surface area (TPSA) is 63.2 Å². The van der Waals surface area contributed by atoms with Crippen molar-refractivity contribution in [2.24, 2.45) is 5.41 Å². The van der Waals surface area contributed by atoms with E-state index in [4.69, 9.17) is 22.8 Å². The van der Waals surface area contributed by atoms with Gasteiger partial charge in [0.25, 0.3) is 0 Å². The van der Waals surface area contributed by atoms with Crippen LogP contribution < -0.4 is 9.26 Å². The summed E-state index contributed by atoms with van der Waals surface area (Å²) < 4.78 is 31.0. The van der Waals surface area contributed by atoms with Crippen molar-refractivity contribution in [3.63, 3.8) is 0 Å². The predicted molar refractivity (Wildman–Crippen MR) is 103 cm³/mol. The number of benzene rings is 1. The van der Waals surface area contributed by atoms with E-state index in [-0.39, 0.29) is 11.2 Å². The summed E-state index contributed by atoms with van der Waals surface area (Å²) in [4.78, 5) is 13.2. The molecule has 2 aliphatic heterocycles. The first-order chi connectivity index (χ1) is 12.8. The molecule has 4 rings (SSSR count). The van der Waals surface area contributed by atoms with E-state index in [0.29, 0.717) is 48.9 Å². The van der Waals surface area contributed by atoms with E-state index in [1.54, 1.807) is 7.11 Å². The summed E-state index contributed by atoms with van der Waals surface area (Å²) in [6.45, 7) is 8.61. The van der Waals surface area contributed by atoms with Gasteiger partial charge in [-0.1, -0.05) is 0 Å². The van der Waals surface area contributed by atoms with Gasteiger partial charge in [0.15, 0.2) is 0 Å². The molecule has 0 N–H and O–H groups in total. The van der Waals surface area contributed by atoms with Gasteiger partial charge in [-0.2, -0.15) is 0 Å². The Kier molecular flexibility index (Phi) is 4.12. The Morgan fingerprint density at radius 3 is 2.48 bits per heavy atom. The van der Waals surface area contributed by atoms with Crippen molar-refractivity contribution in [3.05, 3.63) is 35.1 Å². The van der Waals surface area contributed by atoms with Crippen molar-refractivity contribution in [2.45, 2.75) is 46.2 Å². The molecule has 27 heavy (non-hydrogen) atoms. The number of para-hydroxylation sites is 1. The first-order valence-corrected chi connectivity index (χ1v) is 11.4. The number of ketones is 1. The third kappa shape index (κ3) is 2.47. The first-order valence-electron chi connectivity index (χ1n) is 9.44. The molecule has 7 heteroatoms. The summed E-state index contributed by atoms with van der Waals surface area (Å²) in [5.74, 6) is 1.87. The minimum absolute atomic E-state index is 0.0800. The zero-order chi connectivity index (χ0) is 19.5. The molecule has 0 fully saturated rings. The summed E-state index contributed by atoms with van der Waals surface area (Å²) in [7, 11) is -2.52. The molecule has 1 aromatic rings. The summed E-state index contributed by atoms with van der Waals surface area (Å²) in [5, 5.41) is 0. The molecule has 3 aliphatic rings. The van der Waals surface area contributed by atoms with E-state index in [2.05, 4.69) is 13.8 Å². The molecule has 2 heterocycles. The molecule has 1 aliphatic carbocycles. The Bertz CT molecular complexity index is 837. The van der Waals surface area contributed by atoms with E-state index in [9.17, 15) is 4.79 Å². The maximum absolute atomic E-state index is 13.2. The van der Waals surface area contributed by atoms with Crippen LogP contribution in [0.15, 0.2) is 29.5 Å². The number of Topliss-reactive ketones (excluding diaryl/α,β-unsaturated/α-hetero) is 1. The maximum atomic E-state index is 13.2. The van der Waals surface area contributed by atoms with Crippen LogP contribution in [-0.2, 0) is 18.4 Å². The predicted octanol–water partition coefficient (Wildman–Crippen LogP) is 5.09. The SMILES string of the molecule is CCOP12(OCC)OC3=C(C(=O)CC(C)(C)C3)C1c1cccc(OC)c1O2. The fourth-order valence-electron chi connectivity index (χ4n) is 4.51. The molecule has 0 aromatic heterocycles. The van der Waals surface area contributed by atoms with Gasteiger partial charge < -0.3 is 0 Å². The number of hydrogen-bond acceptors (Lipinski definition) is 6. The number of carbonyl (C=O) groups is 1. The van der Waals surface area contributed by atoms with Gasteiger partial charge >= 0.3 is 159 Å². The van der Waals surface area contributed by atoms with Crippen molar-refractivity contribution in [3.8, 4) is 11.5 Å². The van der Waals surface area contributed by atoms with Crippen molar-refractivity contribution in [2.75, 3.05) is 20.3 Å². The number of fused-ring (bicyclic) bond motifs is 4. The average molecular weight is 394 g/mol. The number of ether oxygens (including phenoxy) is 1. The van der Waals surface area contributed by atoms with Gasteiger partial charge in [0.1, 0.15) is 0 Å². The summed E-state index contributed by atoms with van der Waals surface area (Å²) in [5.41, 5.74) is 0.840. The molecular weight excluding hydrogens is 367 g/mol. The number of carbonyl (C=O) groups excluding carboxylic acids is 1. The Morgan fingerprint density at radius 1 is 1.15 bits per heavy atom. The molecule has 1 atom stereocenters. The zero-order valence-corrected chi connectivity index (χ0v) is 17.4. The Labute approximate surface area is 160 Å². The van der Waals surface area contributed by atoms with Crippen molar-refractivity contribution >= 4 is 13.3 Å². The molecule has 1 unspecified atom stereocenters. The van der Waals surface area contributed by atoms with Gasteiger partial charge in [-0.05, 0) is 0 Å². The van der Waals surface area contributed by atoms with E-state index >= 15 is 0 Å². The Morgan fingerprint density at radius 2 is 1.85 bits per heavy atom. The third-order valence-electron chi connectivity index (χ3n) is 5.35. The first kappa shape index (κ1) is 18.7. The molecule has 0 saturated carbocycles. The number of hydrogen-bond donors (Lipinski definition) is 0. The standard InChI is InChI=1S/C20H27O6P/c1-6-23-27(24-7-2)19(13-9-8-10-15(22-5)18(13)26-27)17-14(21)11-20(3,4)12-16(17)25-27/h8-10,19H,6-7,11-12H2,1-5H3. The second-order valence-electron chi connectivity index (χ2n) is 7.95. The van der Waals surface area contributed by atoms with Crippen LogP contribution in [0.4, 0.5) is 0 Å². The van der Waals surface area contributed by atoms with Crippen LogP contribution in [0.2, 0.25) is 0 Å². The van der Waals surface area contributed by atoms with Crippen LogP contribution in [-0.4, -0.2) is 26.1 Å². The number of allylic oxidation sites excluding steroid dienone is 2. The Balaban J connectivity index is 1.97. The van der Waals surface area contributed by atoms with Crippen LogP contribution in [0.5, 0.6) is 11.5 Å². The van der Waals surface area contributed by atoms with E-state index in [0.717, 1.165) is 5.56 Å². The molecular formula is C20H27O6P. The van der Waals surface area contributed by atoms with Crippen LogP contribution >= 0.6 is 7.51 Å². The normalized spacial score (nSPS) is 27.5.